The number of hydrogen-bond acceptors (Lipinski definition) is 3. The summed E-state index contributed by atoms with van der Waals surface area (Å²) in [5.41, 5.74) is -0.395. The van der Waals surface area contributed by atoms with Gasteiger partial charge < -0.3 is 9.84 Å². The van der Waals surface area contributed by atoms with Crippen molar-refractivity contribution in [2.45, 2.75) is 6.61 Å². The van der Waals surface area contributed by atoms with E-state index in [1.807, 2.05) is 0 Å². The SMILES string of the molecule is N#Cc1cc(/C=C/C(=O)O)cc(F)c1OC(F)F. The Bertz CT molecular complexity index is 535. The third-order valence-electron chi connectivity index (χ3n) is 1.81. The molecule has 4 nitrogen and oxygen atoms in total. The molecule has 0 saturated carbocycles. The van der Waals surface area contributed by atoms with Crippen LogP contribution in [0.2, 0.25) is 0 Å². The molecule has 1 aromatic rings. The minimum Gasteiger partial charge on any atom is -0.478 e. The van der Waals surface area contributed by atoms with Gasteiger partial charge in [-0.15, -0.1) is 0 Å². The lowest BCUT2D eigenvalue weighted by Crippen LogP contribution is -2.05. The van der Waals surface area contributed by atoms with Crippen LogP contribution in [0.4, 0.5) is 13.2 Å². The number of alkyl halides is 2. The summed E-state index contributed by atoms with van der Waals surface area (Å²) in [6.07, 6.45) is 1.75. The van der Waals surface area contributed by atoms with Crippen LogP contribution in [0.1, 0.15) is 11.1 Å². The number of nitrogens with zero attached hydrogens (tertiary/aromatic N) is 1. The van der Waals surface area contributed by atoms with E-state index < -0.39 is 29.7 Å². The summed E-state index contributed by atoms with van der Waals surface area (Å²) in [6.45, 7) is -3.26. The van der Waals surface area contributed by atoms with Gasteiger partial charge in [-0.05, 0) is 23.8 Å². The van der Waals surface area contributed by atoms with Crippen LogP contribution in [0, 0.1) is 17.1 Å². The molecule has 0 saturated heterocycles. The summed E-state index contributed by atoms with van der Waals surface area (Å²) in [7, 11) is 0. The molecule has 0 aliphatic carbocycles. The first-order valence-corrected chi connectivity index (χ1v) is 4.53. The van der Waals surface area contributed by atoms with Crippen LogP contribution in [-0.2, 0) is 4.79 Å². The highest BCUT2D eigenvalue weighted by Crippen LogP contribution is 2.26. The van der Waals surface area contributed by atoms with Crippen LogP contribution >= 0.6 is 0 Å². The monoisotopic (exact) mass is 257 g/mol. The Morgan fingerprint density at radius 3 is 2.67 bits per heavy atom. The number of ether oxygens (including phenoxy) is 1. The molecule has 0 spiro atoms. The highest BCUT2D eigenvalue weighted by Gasteiger charge is 2.16. The van der Waals surface area contributed by atoms with E-state index in [0.29, 0.717) is 0 Å². The first kappa shape index (κ1) is 13.6. The Morgan fingerprint density at radius 2 is 2.17 bits per heavy atom. The molecule has 0 bridgehead atoms. The zero-order valence-electron chi connectivity index (χ0n) is 8.73. The number of carboxylic acid groups (broad SMARTS) is 1. The van der Waals surface area contributed by atoms with E-state index in [1.54, 1.807) is 0 Å². The van der Waals surface area contributed by atoms with Gasteiger partial charge in [0, 0.05) is 6.08 Å². The van der Waals surface area contributed by atoms with E-state index in [4.69, 9.17) is 10.4 Å². The second kappa shape index (κ2) is 5.72. The van der Waals surface area contributed by atoms with E-state index in [1.165, 1.54) is 6.07 Å². The number of carboxylic acids is 1. The largest absolute Gasteiger partial charge is 0.478 e. The molecule has 1 aromatic carbocycles. The Hall–Kier alpha value is -2.49. The van der Waals surface area contributed by atoms with Crippen LogP contribution < -0.4 is 4.74 Å². The van der Waals surface area contributed by atoms with Crippen molar-refractivity contribution in [1.82, 2.24) is 0 Å². The third-order valence-corrected chi connectivity index (χ3v) is 1.81. The molecule has 0 unspecified atom stereocenters. The van der Waals surface area contributed by atoms with Gasteiger partial charge in [0.15, 0.2) is 11.6 Å². The zero-order chi connectivity index (χ0) is 13.7. The van der Waals surface area contributed by atoms with Gasteiger partial charge >= 0.3 is 12.6 Å². The highest BCUT2D eigenvalue weighted by molar-refractivity contribution is 5.85. The third kappa shape index (κ3) is 3.52. The quantitative estimate of drug-likeness (QED) is 0.841. The molecule has 0 aliphatic rings. The molecular weight excluding hydrogens is 251 g/mol. The van der Waals surface area contributed by atoms with Gasteiger partial charge in [0.1, 0.15) is 6.07 Å². The summed E-state index contributed by atoms with van der Waals surface area (Å²) in [5, 5.41) is 17.1. The summed E-state index contributed by atoms with van der Waals surface area (Å²) in [6, 6.07) is 3.32. The van der Waals surface area contributed by atoms with Gasteiger partial charge in [-0.3, -0.25) is 0 Å². The van der Waals surface area contributed by atoms with Gasteiger partial charge in [-0.25, -0.2) is 9.18 Å². The minimum atomic E-state index is -3.26. The van der Waals surface area contributed by atoms with Crippen molar-refractivity contribution < 1.29 is 27.8 Å². The van der Waals surface area contributed by atoms with E-state index in [0.717, 1.165) is 24.3 Å². The first-order valence-electron chi connectivity index (χ1n) is 4.53. The molecule has 0 amide bonds. The summed E-state index contributed by atoms with van der Waals surface area (Å²) in [5.74, 6) is -3.29. The lowest BCUT2D eigenvalue weighted by molar-refractivity contribution is -0.131. The number of carbonyl (C=O) groups is 1. The molecule has 0 radical (unpaired) electrons. The van der Waals surface area contributed by atoms with Crippen LogP contribution in [-0.4, -0.2) is 17.7 Å². The fourth-order valence-corrected chi connectivity index (χ4v) is 1.17. The number of nitriles is 1. The molecule has 18 heavy (non-hydrogen) atoms. The summed E-state index contributed by atoms with van der Waals surface area (Å²) in [4.78, 5) is 10.3. The normalized spacial score (nSPS) is 10.6. The Kier molecular flexibility index (Phi) is 4.32. The van der Waals surface area contributed by atoms with E-state index in [-0.39, 0.29) is 5.56 Å². The molecular formula is C11H6F3NO3. The highest BCUT2D eigenvalue weighted by atomic mass is 19.3. The number of hydrogen-bond donors (Lipinski definition) is 1. The molecule has 0 heterocycles. The predicted molar refractivity (Wildman–Crippen MR) is 54.4 cm³/mol. The first-order chi connectivity index (χ1) is 8.43. The maximum Gasteiger partial charge on any atom is 0.387 e. The maximum atomic E-state index is 13.4. The lowest BCUT2D eigenvalue weighted by Gasteiger charge is -2.08. The maximum absolute atomic E-state index is 13.4. The van der Waals surface area contributed by atoms with Crippen LogP contribution in [0.25, 0.3) is 6.08 Å². The summed E-state index contributed by atoms with van der Waals surface area (Å²) < 4.78 is 41.2. The Balaban J connectivity index is 3.19. The number of halogens is 3. The minimum absolute atomic E-state index is 0.0491. The fourth-order valence-electron chi connectivity index (χ4n) is 1.17. The molecule has 7 heteroatoms. The van der Waals surface area contributed by atoms with Crippen molar-refractivity contribution in [3.63, 3.8) is 0 Å². The Labute approximate surface area is 99.5 Å². The molecule has 0 fully saturated rings. The van der Waals surface area contributed by atoms with Crippen LogP contribution in [0.5, 0.6) is 5.75 Å². The van der Waals surface area contributed by atoms with Gasteiger partial charge in [0.2, 0.25) is 0 Å². The van der Waals surface area contributed by atoms with Crippen molar-refractivity contribution in [3.8, 4) is 11.8 Å². The molecule has 1 rings (SSSR count). The van der Waals surface area contributed by atoms with E-state index in [2.05, 4.69) is 4.74 Å². The summed E-state index contributed by atoms with van der Waals surface area (Å²) >= 11 is 0. The van der Waals surface area contributed by atoms with Crippen LogP contribution in [0.15, 0.2) is 18.2 Å². The number of rotatable bonds is 4. The van der Waals surface area contributed by atoms with Crippen molar-refractivity contribution in [2.24, 2.45) is 0 Å². The molecule has 0 aromatic heterocycles. The second-order valence-electron chi connectivity index (χ2n) is 3.04. The predicted octanol–water partition coefficient (Wildman–Crippen LogP) is 2.40. The Morgan fingerprint density at radius 1 is 1.50 bits per heavy atom. The standard InChI is InChI=1S/C11H6F3NO3/c12-8-4-6(1-2-9(16)17)3-7(5-15)10(8)18-11(13)14/h1-4,11H,(H,16,17)/b2-1+. The van der Waals surface area contributed by atoms with Crippen molar-refractivity contribution in [3.05, 3.63) is 35.2 Å². The van der Waals surface area contributed by atoms with E-state index >= 15 is 0 Å². The smallest absolute Gasteiger partial charge is 0.387 e. The molecule has 0 aliphatic heterocycles. The topological polar surface area (TPSA) is 70.3 Å². The fraction of sp³-hybridized carbons (Fsp3) is 0.0909. The van der Waals surface area contributed by atoms with Crippen molar-refractivity contribution in [1.29, 1.82) is 5.26 Å². The van der Waals surface area contributed by atoms with Crippen LogP contribution in [0.3, 0.4) is 0 Å². The number of benzene rings is 1. The molecule has 94 valence electrons. The van der Waals surface area contributed by atoms with Gasteiger partial charge in [-0.2, -0.15) is 14.0 Å². The van der Waals surface area contributed by atoms with Crippen molar-refractivity contribution >= 4 is 12.0 Å². The second-order valence-corrected chi connectivity index (χ2v) is 3.04. The zero-order valence-corrected chi connectivity index (χ0v) is 8.73. The average molecular weight is 257 g/mol. The van der Waals surface area contributed by atoms with Gasteiger partial charge in [0.05, 0.1) is 5.56 Å². The lowest BCUT2D eigenvalue weighted by atomic mass is 10.1. The van der Waals surface area contributed by atoms with Gasteiger partial charge in [0.25, 0.3) is 0 Å². The molecule has 0 atom stereocenters. The number of aliphatic carboxylic acids is 1. The van der Waals surface area contributed by atoms with E-state index in [9.17, 15) is 18.0 Å². The van der Waals surface area contributed by atoms with Crippen molar-refractivity contribution in [2.75, 3.05) is 0 Å². The van der Waals surface area contributed by atoms with Gasteiger partial charge in [-0.1, -0.05) is 0 Å². The average Bonchev–Trinajstić information content (AvgIpc) is 2.28. The molecule has 1 N–H and O–H groups in total.